The minimum Gasteiger partial charge on any atom is -0.485 e. The molecule has 0 amide bonds. The van der Waals surface area contributed by atoms with Crippen LogP contribution in [0, 0.1) is 0 Å². The smallest absolute Gasteiger partial charge is 0.244 e. The first-order chi connectivity index (χ1) is 14.9. The fraction of sp³-hybridized carbons (Fsp3) is 0.500. The van der Waals surface area contributed by atoms with Gasteiger partial charge in [0.15, 0.2) is 0 Å². The summed E-state index contributed by atoms with van der Waals surface area (Å²) < 4.78 is 33.6. The monoisotopic (exact) mass is 445 g/mol. The lowest BCUT2D eigenvalue weighted by Gasteiger charge is -2.37. The van der Waals surface area contributed by atoms with Gasteiger partial charge in [-0.15, -0.1) is 0 Å². The number of sulfonamides is 1. The Labute approximate surface area is 185 Å². The molecule has 3 heterocycles. The number of anilines is 2. The highest BCUT2D eigenvalue weighted by Gasteiger charge is 2.29. The van der Waals surface area contributed by atoms with Gasteiger partial charge in [-0.2, -0.15) is 4.31 Å². The lowest BCUT2D eigenvalue weighted by molar-refractivity contribution is 0.200. The van der Waals surface area contributed by atoms with Crippen LogP contribution in [0.2, 0.25) is 0 Å². The Balaban J connectivity index is 1.42. The molecule has 1 fully saturated rings. The van der Waals surface area contributed by atoms with E-state index in [0.29, 0.717) is 19.6 Å². The van der Waals surface area contributed by atoms with E-state index in [9.17, 15) is 8.42 Å². The van der Waals surface area contributed by atoms with Gasteiger partial charge in [0.25, 0.3) is 0 Å². The molecular weight excluding hydrogens is 414 g/mol. The molecule has 2 aliphatic rings. The Kier molecular flexibility index (Phi) is 6.36. The Bertz CT molecular complexity index is 990. The fourth-order valence-electron chi connectivity index (χ4n) is 4.10. The molecule has 168 valence electrons. The highest BCUT2D eigenvalue weighted by Crippen LogP contribution is 2.33. The summed E-state index contributed by atoms with van der Waals surface area (Å²) in [6.07, 6.45) is 1.46. The van der Waals surface area contributed by atoms with E-state index in [-0.39, 0.29) is 11.0 Å². The number of piperazine rings is 1. The predicted octanol–water partition coefficient (Wildman–Crippen LogP) is 1.74. The van der Waals surface area contributed by atoms with Crippen molar-refractivity contribution < 1.29 is 13.2 Å². The molecule has 8 nitrogen and oxygen atoms in total. The second-order valence-electron chi connectivity index (χ2n) is 8.19. The van der Waals surface area contributed by atoms with Crippen molar-refractivity contribution in [1.29, 1.82) is 0 Å². The molecule has 0 radical (unpaired) electrons. The van der Waals surface area contributed by atoms with Crippen LogP contribution in [0.3, 0.4) is 0 Å². The van der Waals surface area contributed by atoms with Crippen LogP contribution >= 0.6 is 0 Å². The zero-order valence-corrected chi connectivity index (χ0v) is 19.3. The van der Waals surface area contributed by atoms with E-state index in [2.05, 4.69) is 27.8 Å². The topological polar surface area (TPSA) is 69.2 Å². The number of ether oxygens (including phenoxy) is 1. The Morgan fingerprint density at radius 1 is 1.13 bits per heavy atom. The van der Waals surface area contributed by atoms with Crippen molar-refractivity contribution in [2.45, 2.75) is 17.9 Å². The minimum absolute atomic E-state index is 0.00426. The Morgan fingerprint density at radius 3 is 2.55 bits per heavy atom. The summed E-state index contributed by atoms with van der Waals surface area (Å²) in [5, 5.41) is 0. The first-order valence-corrected chi connectivity index (χ1v) is 12.2. The molecule has 1 unspecified atom stereocenters. The summed E-state index contributed by atoms with van der Waals surface area (Å²) in [5.41, 5.74) is 1.13. The molecule has 31 heavy (non-hydrogen) atoms. The minimum atomic E-state index is -3.50. The van der Waals surface area contributed by atoms with Gasteiger partial charge in [-0.05, 0) is 38.2 Å². The lowest BCUT2D eigenvalue weighted by Crippen LogP contribution is -2.47. The molecular formula is C22H31N5O3S. The van der Waals surface area contributed by atoms with E-state index in [1.54, 1.807) is 16.4 Å². The van der Waals surface area contributed by atoms with Crippen molar-refractivity contribution in [3.63, 3.8) is 0 Å². The van der Waals surface area contributed by atoms with Gasteiger partial charge in [0.05, 0.1) is 18.8 Å². The van der Waals surface area contributed by atoms with Gasteiger partial charge in [0.2, 0.25) is 10.0 Å². The van der Waals surface area contributed by atoms with Crippen LogP contribution in [-0.4, -0.2) is 88.6 Å². The summed E-state index contributed by atoms with van der Waals surface area (Å²) in [5.74, 6) is 1.62. The average molecular weight is 446 g/mol. The quantitative estimate of drug-likeness (QED) is 0.671. The van der Waals surface area contributed by atoms with Gasteiger partial charge in [0, 0.05) is 46.0 Å². The van der Waals surface area contributed by atoms with Crippen LogP contribution < -0.4 is 14.5 Å². The first kappa shape index (κ1) is 21.9. The van der Waals surface area contributed by atoms with E-state index in [0.717, 1.165) is 43.4 Å². The van der Waals surface area contributed by atoms with Gasteiger partial charge in [0.1, 0.15) is 22.6 Å². The summed E-state index contributed by atoms with van der Waals surface area (Å²) in [4.78, 5) is 11.2. The number of pyridine rings is 1. The molecule has 4 rings (SSSR count). The molecule has 9 heteroatoms. The molecule has 2 aliphatic heterocycles. The van der Waals surface area contributed by atoms with Gasteiger partial charge in [-0.25, -0.2) is 13.4 Å². The second-order valence-corrected chi connectivity index (χ2v) is 10.1. The van der Waals surface area contributed by atoms with Crippen LogP contribution in [0.4, 0.5) is 11.5 Å². The number of fused-ring (bicyclic) bond motifs is 1. The van der Waals surface area contributed by atoms with E-state index in [1.165, 1.54) is 6.20 Å². The number of nitrogens with zero attached hydrogens (tertiary/aromatic N) is 5. The van der Waals surface area contributed by atoms with Crippen molar-refractivity contribution in [3.05, 3.63) is 42.6 Å². The van der Waals surface area contributed by atoms with Gasteiger partial charge in [-0.3, -0.25) is 0 Å². The van der Waals surface area contributed by atoms with Crippen molar-refractivity contribution in [2.24, 2.45) is 0 Å². The molecule has 0 spiro atoms. The molecule has 1 saturated heterocycles. The molecule has 0 bridgehead atoms. The third kappa shape index (κ3) is 4.63. The number of hydrogen-bond acceptors (Lipinski definition) is 7. The number of rotatable bonds is 6. The Morgan fingerprint density at radius 2 is 1.87 bits per heavy atom. The molecule has 1 atom stereocenters. The zero-order chi connectivity index (χ0) is 22.0. The van der Waals surface area contributed by atoms with Crippen molar-refractivity contribution >= 4 is 21.5 Å². The molecule has 1 aromatic carbocycles. The lowest BCUT2D eigenvalue weighted by atomic mass is 10.2. The third-order valence-electron chi connectivity index (χ3n) is 5.99. The van der Waals surface area contributed by atoms with Crippen molar-refractivity contribution in [1.82, 2.24) is 14.2 Å². The maximum atomic E-state index is 12.9. The number of para-hydroxylation sites is 2. The fourth-order valence-corrected chi connectivity index (χ4v) is 5.47. The summed E-state index contributed by atoms with van der Waals surface area (Å²) in [6, 6.07) is 11.5. The highest BCUT2D eigenvalue weighted by molar-refractivity contribution is 7.89. The van der Waals surface area contributed by atoms with Gasteiger partial charge < -0.3 is 19.4 Å². The maximum Gasteiger partial charge on any atom is 0.244 e. The standard InChI is InChI=1S/C22H31N5O3S/c1-4-26-17-18(30-21-8-6-5-7-20(21)26)16-25(3)22-10-9-19(15-23-22)31(28,29)27-13-11-24(2)12-14-27/h5-10,15,18H,4,11-14,16-17H2,1-3H3. The third-order valence-corrected chi connectivity index (χ3v) is 7.88. The van der Waals surface area contributed by atoms with Crippen LogP contribution in [0.25, 0.3) is 0 Å². The maximum absolute atomic E-state index is 12.9. The van der Waals surface area contributed by atoms with Crippen LogP contribution in [0.5, 0.6) is 5.75 Å². The SMILES string of the molecule is CCN1CC(CN(C)c2ccc(S(=O)(=O)N3CCN(C)CC3)cn2)Oc2ccccc21. The van der Waals surface area contributed by atoms with Crippen LogP contribution in [0.15, 0.2) is 47.5 Å². The second kappa shape index (κ2) is 9.02. The van der Waals surface area contributed by atoms with Crippen LogP contribution in [0.1, 0.15) is 6.92 Å². The summed E-state index contributed by atoms with van der Waals surface area (Å²) in [6.45, 7) is 7.02. The van der Waals surface area contributed by atoms with E-state index in [4.69, 9.17) is 4.74 Å². The number of likely N-dealkylation sites (N-methyl/N-ethyl adjacent to an activating group) is 3. The normalized spacial score (nSPS) is 20.2. The van der Waals surface area contributed by atoms with Gasteiger partial charge in [-0.1, -0.05) is 12.1 Å². The number of hydrogen-bond donors (Lipinski definition) is 0. The molecule has 2 aromatic rings. The highest BCUT2D eigenvalue weighted by atomic mass is 32.2. The zero-order valence-electron chi connectivity index (χ0n) is 18.4. The molecule has 1 aromatic heterocycles. The summed E-state index contributed by atoms with van der Waals surface area (Å²) in [7, 11) is 0.455. The van der Waals surface area contributed by atoms with E-state index >= 15 is 0 Å². The van der Waals surface area contributed by atoms with E-state index in [1.807, 2.05) is 37.2 Å². The molecule has 0 aliphatic carbocycles. The van der Waals surface area contributed by atoms with Crippen molar-refractivity contribution in [3.8, 4) is 5.75 Å². The average Bonchev–Trinajstić information content (AvgIpc) is 2.79. The summed E-state index contributed by atoms with van der Waals surface area (Å²) >= 11 is 0. The predicted molar refractivity (Wildman–Crippen MR) is 123 cm³/mol. The number of benzene rings is 1. The van der Waals surface area contributed by atoms with Crippen LogP contribution in [-0.2, 0) is 10.0 Å². The Hall–Kier alpha value is -2.36. The first-order valence-electron chi connectivity index (χ1n) is 10.7. The van der Waals surface area contributed by atoms with Crippen molar-refractivity contribution in [2.75, 3.05) is 69.7 Å². The van der Waals surface area contributed by atoms with E-state index < -0.39 is 10.0 Å². The van der Waals surface area contributed by atoms with Gasteiger partial charge >= 0.3 is 0 Å². The largest absolute Gasteiger partial charge is 0.485 e. The molecule has 0 N–H and O–H groups in total. The number of aromatic nitrogens is 1. The molecule has 0 saturated carbocycles.